The molecule has 0 unspecified atom stereocenters. The minimum absolute atomic E-state index is 0.0314. The third-order valence-corrected chi connectivity index (χ3v) is 1.91. The van der Waals surface area contributed by atoms with E-state index in [1.165, 1.54) is 0 Å². The average Bonchev–Trinajstić information content (AvgIpc) is 2.30. The minimum atomic E-state index is -0.0314. The molecule has 0 aliphatic carbocycles. The molecule has 0 saturated carbocycles. The first-order valence-electron chi connectivity index (χ1n) is 3.50. The van der Waals surface area contributed by atoms with Gasteiger partial charge in [0.25, 0.3) is 0 Å². The van der Waals surface area contributed by atoms with E-state index in [1.807, 2.05) is 6.92 Å². The Hall–Kier alpha value is -0.520. The summed E-state index contributed by atoms with van der Waals surface area (Å²) in [7, 11) is 0. The second-order valence-corrected chi connectivity index (χ2v) is 2.65. The molecule has 1 N–H and O–H groups in total. The van der Waals surface area contributed by atoms with Crippen LogP contribution in [0, 0.1) is 18.3 Å². The molecule has 10 heavy (non-hydrogen) atoms. The van der Waals surface area contributed by atoms with Crippen LogP contribution in [0.3, 0.4) is 0 Å². The van der Waals surface area contributed by atoms with E-state index in [-0.39, 0.29) is 24.7 Å². The van der Waals surface area contributed by atoms with E-state index in [9.17, 15) is 0 Å². The molecule has 1 rings (SSSR count). The number of aliphatic hydroxyl groups is 1. The van der Waals surface area contributed by atoms with Gasteiger partial charge in [0.1, 0.15) is 0 Å². The van der Waals surface area contributed by atoms with Gasteiger partial charge >= 0.3 is 0 Å². The number of aliphatic hydroxyl groups excluding tert-OH is 1. The molecule has 0 aromatic carbocycles. The average molecular weight is 140 g/mol. The Kier molecular flexibility index (Phi) is 2.31. The van der Waals surface area contributed by atoms with Crippen molar-refractivity contribution < 1.29 is 9.84 Å². The van der Waals surface area contributed by atoms with E-state index in [1.54, 1.807) is 0 Å². The van der Waals surface area contributed by atoms with Gasteiger partial charge in [0.15, 0.2) is 0 Å². The molecule has 1 aliphatic rings. The molecule has 2 heteroatoms. The van der Waals surface area contributed by atoms with Crippen molar-refractivity contribution in [1.29, 1.82) is 0 Å². The second kappa shape index (κ2) is 3.05. The van der Waals surface area contributed by atoms with Gasteiger partial charge in [-0.05, 0) is 13.3 Å². The van der Waals surface area contributed by atoms with Crippen molar-refractivity contribution in [3.63, 3.8) is 0 Å². The Morgan fingerprint density at radius 2 is 2.50 bits per heavy atom. The van der Waals surface area contributed by atoms with Crippen LogP contribution >= 0.6 is 0 Å². The number of terminal acetylenes is 1. The summed E-state index contributed by atoms with van der Waals surface area (Å²) >= 11 is 0. The summed E-state index contributed by atoms with van der Waals surface area (Å²) in [5, 5.41) is 8.70. The van der Waals surface area contributed by atoms with Crippen molar-refractivity contribution in [2.75, 3.05) is 6.61 Å². The van der Waals surface area contributed by atoms with Crippen LogP contribution in [0.25, 0.3) is 0 Å². The summed E-state index contributed by atoms with van der Waals surface area (Å²) in [6.45, 7) is 2.03. The maximum atomic E-state index is 8.70. The lowest BCUT2D eigenvalue weighted by Crippen LogP contribution is -2.12. The molecule has 0 bridgehead atoms. The maximum absolute atomic E-state index is 8.70. The summed E-state index contributed by atoms with van der Waals surface area (Å²) < 4.78 is 5.32. The SMILES string of the molecule is C#C[C@H]1C[C@@H](CO)O[C@H]1C. The highest BCUT2D eigenvalue weighted by molar-refractivity contribution is 5.00. The first-order chi connectivity index (χ1) is 4.77. The molecule has 0 aromatic rings. The number of hydrogen-bond acceptors (Lipinski definition) is 2. The molecule has 3 atom stereocenters. The highest BCUT2D eigenvalue weighted by Crippen LogP contribution is 2.24. The standard InChI is InChI=1S/C8H12O2/c1-3-7-4-8(5-9)10-6(7)2/h1,6-9H,4-5H2,2H3/t6-,7-,8-/m0/s1. The summed E-state index contributed by atoms with van der Waals surface area (Å²) in [4.78, 5) is 0. The molecule has 1 saturated heterocycles. The van der Waals surface area contributed by atoms with Crippen molar-refractivity contribution in [3.8, 4) is 12.3 Å². The molecular formula is C8H12O2. The minimum Gasteiger partial charge on any atom is -0.394 e. The molecule has 1 fully saturated rings. The summed E-state index contributed by atoms with van der Waals surface area (Å²) in [5.74, 6) is 2.83. The Balaban J connectivity index is 2.46. The lowest BCUT2D eigenvalue weighted by atomic mass is 10.0. The molecule has 2 nitrogen and oxygen atoms in total. The third-order valence-electron chi connectivity index (χ3n) is 1.91. The van der Waals surface area contributed by atoms with Crippen LogP contribution in [-0.4, -0.2) is 23.9 Å². The summed E-state index contributed by atoms with van der Waals surface area (Å²) in [6, 6.07) is 0. The van der Waals surface area contributed by atoms with Crippen LogP contribution in [0.15, 0.2) is 0 Å². The van der Waals surface area contributed by atoms with Crippen LogP contribution in [0.5, 0.6) is 0 Å². The fourth-order valence-corrected chi connectivity index (χ4v) is 1.25. The summed E-state index contributed by atoms with van der Waals surface area (Å²) in [5.41, 5.74) is 0. The van der Waals surface area contributed by atoms with Crippen molar-refractivity contribution >= 4 is 0 Å². The Bertz CT molecular complexity index is 148. The zero-order valence-electron chi connectivity index (χ0n) is 6.08. The first-order valence-corrected chi connectivity index (χ1v) is 3.50. The molecule has 0 aromatic heterocycles. The van der Waals surface area contributed by atoms with Gasteiger partial charge in [0.2, 0.25) is 0 Å². The van der Waals surface area contributed by atoms with Gasteiger partial charge < -0.3 is 9.84 Å². The number of rotatable bonds is 1. The van der Waals surface area contributed by atoms with Gasteiger partial charge in [-0.1, -0.05) is 0 Å². The van der Waals surface area contributed by atoms with Crippen LogP contribution in [0.4, 0.5) is 0 Å². The monoisotopic (exact) mass is 140 g/mol. The van der Waals surface area contributed by atoms with E-state index in [4.69, 9.17) is 16.3 Å². The predicted octanol–water partition coefficient (Wildman–Crippen LogP) is 0.405. The Morgan fingerprint density at radius 3 is 2.80 bits per heavy atom. The largest absolute Gasteiger partial charge is 0.394 e. The van der Waals surface area contributed by atoms with Crippen molar-refractivity contribution in [2.45, 2.75) is 25.6 Å². The molecule has 1 heterocycles. The van der Waals surface area contributed by atoms with E-state index in [0.717, 1.165) is 6.42 Å². The van der Waals surface area contributed by atoms with Crippen molar-refractivity contribution in [3.05, 3.63) is 0 Å². The smallest absolute Gasteiger partial charge is 0.0822 e. The van der Waals surface area contributed by atoms with Crippen molar-refractivity contribution in [1.82, 2.24) is 0 Å². The van der Waals surface area contributed by atoms with Gasteiger partial charge in [-0.3, -0.25) is 0 Å². The zero-order valence-corrected chi connectivity index (χ0v) is 6.08. The van der Waals surface area contributed by atoms with Crippen LogP contribution < -0.4 is 0 Å². The fourth-order valence-electron chi connectivity index (χ4n) is 1.25. The first kappa shape index (κ1) is 7.59. The molecule has 1 aliphatic heterocycles. The predicted molar refractivity (Wildman–Crippen MR) is 38.4 cm³/mol. The van der Waals surface area contributed by atoms with Gasteiger partial charge in [-0.2, -0.15) is 0 Å². The quantitative estimate of drug-likeness (QED) is 0.534. The molecule has 0 spiro atoms. The normalized spacial score (nSPS) is 39.5. The second-order valence-electron chi connectivity index (χ2n) is 2.65. The molecule has 0 radical (unpaired) electrons. The van der Waals surface area contributed by atoms with Gasteiger partial charge in [-0.15, -0.1) is 12.3 Å². The lowest BCUT2D eigenvalue weighted by Gasteiger charge is -2.06. The molecule has 56 valence electrons. The highest BCUT2D eigenvalue weighted by Gasteiger charge is 2.29. The van der Waals surface area contributed by atoms with Gasteiger partial charge in [0, 0.05) is 5.92 Å². The van der Waals surface area contributed by atoms with E-state index in [2.05, 4.69) is 5.92 Å². The van der Waals surface area contributed by atoms with E-state index < -0.39 is 0 Å². The fraction of sp³-hybridized carbons (Fsp3) is 0.750. The number of hydrogen-bond donors (Lipinski definition) is 1. The zero-order chi connectivity index (χ0) is 7.56. The van der Waals surface area contributed by atoms with Gasteiger partial charge in [0.05, 0.1) is 18.8 Å². The van der Waals surface area contributed by atoms with Crippen LogP contribution in [0.1, 0.15) is 13.3 Å². The van der Waals surface area contributed by atoms with Gasteiger partial charge in [-0.25, -0.2) is 0 Å². The van der Waals surface area contributed by atoms with Crippen LogP contribution in [-0.2, 0) is 4.74 Å². The summed E-state index contributed by atoms with van der Waals surface area (Å²) in [6.07, 6.45) is 6.11. The Morgan fingerprint density at radius 1 is 1.80 bits per heavy atom. The maximum Gasteiger partial charge on any atom is 0.0822 e. The van der Waals surface area contributed by atoms with E-state index in [0.29, 0.717) is 0 Å². The van der Waals surface area contributed by atoms with Crippen molar-refractivity contribution in [2.24, 2.45) is 5.92 Å². The highest BCUT2D eigenvalue weighted by atomic mass is 16.5. The topological polar surface area (TPSA) is 29.5 Å². The molecular weight excluding hydrogens is 128 g/mol. The van der Waals surface area contributed by atoms with E-state index >= 15 is 0 Å². The molecule has 0 amide bonds. The van der Waals surface area contributed by atoms with Crippen LogP contribution in [0.2, 0.25) is 0 Å². The third kappa shape index (κ3) is 1.31. The number of ether oxygens (including phenoxy) is 1. The lowest BCUT2D eigenvalue weighted by molar-refractivity contribution is 0.0168. The Labute approximate surface area is 61.2 Å².